The van der Waals surface area contributed by atoms with Gasteiger partial charge in [0.2, 0.25) is 0 Å². The molecule has 0 fully saturated rings. The van der Waals surface area contributed by atoms with Crippen molar-refractivity contribution in [1.29, 1.82) is 0 Å². The third kappa shape index (κ3) is 4.13. The lowest BCUT2D eigenvalue weighted by Crippen LogP contribution is -2.09. The summed E-state index contributed by atoms with van der Waals surface area (Å²) >= 11 is 14.6. The second-order valence-electron chi connectivity index (χ2n) is 3.67. The van der Waals surface area contributed by atoms with Crippen molar-refractivity contribution in [3.63, 3.8) is 0 Å². The summed E-state index contributed by atoms with van der Waals surface area (Å²) in [5.41, 5.74) is 0.625. The standard InChI is InChI=1S/C11H13BrCl2O2/c1-6(2)16-9-4-7(3-8(12)5-9)10(15)11(13)14/h3-6,10-11,15H,1-2H3. The summed E-state index contributed by atoms with van der Waals surface area (Å²) in [5.74, 6) is 0.674. The highest BCUT2D eigenvalue weighted by atomic mass is 79.9. The van der Waals surface area contributed by atoms with Crippen LogP contribution in [0.2, 0.25) is 0 Å². The van der Waals surface area contributed by atoms with Gasteiger partial charge < -0.3 is 9.84 Å². The summed E-state index contributed by atoms with van der Waals surface area (Å²) in [6, 6.07) is 5.32. The van der Waals surface area contributed by atoms with Crippen LogP contribution in [-0.2, 0) is 0 Å². The molecule has 0 amide bonds. The Hall–Kier alpha value is 0.0400. The third-order valence-electron chi connectivity index (χ3n) is 1.85. The van der Waals surface area contributed by atoms with Crippen molar-refractivity contribution in [2.75, 3.05) is 0 Å². The van der Waals surface area contributed by atoms with Crippen LogP contribution >= 0.6 is 39.1 Å². The molecule has 16 heavy (non-hydrogen) atoms. The molecule has 0 bridgehead atoms. The van der Waals surface area contributed by atoms with Crippen molar-refractivity contribution in [3.05, 3.63) is 28.2 Å². The van der Waals surface area contributed by atoms with Gasteiger partial charge in [0.1, 0.15) is 16.7 Å². The number of aliphatic hydroxyl groups is 1. The molecule has 2 nitrogen and oxygen atoms in total. The van der Waals surface area contributed by atoms with E-state index in [1.165, 1.54) is 0 Å². The van der Waals surface area contributed by atoms with Crippen LogP contribution in [0.3, 0.4) is 0 Å². The Morgan fingerprint density at radius 2 is 1.88 bits per heavy atom. The molecule has 0 saturated carbocycles. The van der Waals surface area contributed by atoms with E-state index in [9.17, 15) is 5.11 Å². The summed E-state index contributed by atoms with van der Waals surface area (Å²) < 4.78 is 6.35. The Bertz CT molecular complexity index is 356. The molecular formula is C11H13BrCl2O2. The Balaban J connectivity index is 2.98. The molecule has 1 aromatic carbocycles. The van der Waals surface area contributed by atoms with E-state index in [4.69, 9.17) is 27.9 Å². The van der Waals surface area contributed by atoms with E-state index in [0.29, 0.717) is 11.3 Å². The highest BCUT2D eigenvalue weighted by Crippen LogP contribution is 2.30. The fourth-order valence-electron chi connectivity index (χ4n) is 1.24. The first-order valence-corrected chi connectivity index (χ1v) is 6.50. The first-order chi connectivity index (χ1) is 7.40. The maximum absolute atomic E-state index is 9.74. The number of ether oxygens (including phenoxy) is 1. The number of hydrogen-bond acceptors (Lipinski definition) is 2. The Kier molecular flexibility index (Phi) is 5.38. The van der Waals surface area contributed by atoms with Crippen molar-refractivity contribution in [3.8, 4) is 5.75 Å². The van der Waals surface area contributed by atoms with Crippen LogP contribution in [0.4, 0.5) is 0 Å². The minimum atomic E-state index is -0.921. The van der Waals surface area contributed by atoms with Gasteiger partial charge in [-0.1, -0.05) is 15.9 Å². The predicted octanol–water partition coefficient (Wildman–Crippen LogP) is 4.07. The van der Waals surface area contributed by atoms with Crippen LogP contribution < -0.4 is 4.74 Å². The molecule has 90 valence electrons. The molecule has 0 spiro atoms. The van der Waals surface area contributed by atoms with E-state index in [1.54, 1.807) is 12.1 Å². The average molecular weight is 328 g/mol. The molecule has 1 N–H and O–H groups in total. The largest absolute Gasteiger partial charge is 0.491 e. The molecule has 1 aromatic rings. The van der Waals surface area contributed by atoms with Crippen molar-refractivity contribution in [2.45, 2.75) is 30.9 Å². The van der Waals surface area contributed by atoms with Gasteiger partial charge in [-0.2, -0.15) is 0 Å². The normalized spacial score (nSPS) is 13.2. The van der Waals surface area contributed by atoms with Gasteiger partial charge in [-0.05, 0) is 37.6 Å². The van der Waals surface area contributed by atoms with Crippen LogP contribution in [-0.4, -0.2) is 16.0 Å². The van der Waals surface area contributed by atoms with Gasteiger partial charge in [-0.25, -0.2) is 0 Å². The predicted molar refractivity (Wildman–Crippen MR) is 70.4 cm³/mol. The van der Waals surface area contributed by atoms with Gasteiger partial charge in [0.25, 0.3) is 0 Å². The SMILES string of the molecule is CC(C)Oc1cc(Br)cc(C(O)C(Cl)Cl)c1. The molecule has 0 aliphatic heterocycles. The zero-order valence-corrected chi connectivity index (χ0v) is 12.1. The van der Waals surface area contributed by atoms with Crippen LogP contribution in [0.15, 0.2) is 22.7 Å². The van der Waals surface area contributed by atoms with Gasteiger partial charge in [0, 0.05) is 4.47 Å². The minimum Gasteiger partial charge on any atom is -0.491 e. The smallest absolute Gasteiger partial charge is 0.137 e. The number of hydrogen-bond donors (Lipinski definition) is 1. The molecule has 0 heterocycles. The highest BCUT2D eigenvalue weighted by Gasteiger charge is 2.17. The quantitative estimate of drug-likeness (QED) is 0.844. The van der Waals surface area contributed by atoms with Crippen LogP contribution in [0, 0.1) is 0 Å². The first-order valence-electron chi connectivity index (χ1n) is 4.83. The lowest BCUT2D eigenvalue weighted by molar-refractivity contribution is 0.191. The number of rotatable bonds is 4. The van der Waals surface area contributed by atoms with E-state index in [-0.39, 0.29) is 6.10 Å². The molecule has 1 rings (SSSR count). The summed E-state index contributed by atoms with van der Waals surface area (Å²) in [7, 11) is 0. The highest BCUT2D eigenvalue weighted by molar-refractivity contribution is 9.10. The van der Waals surface area contributed by atoms with Crippen molar-refractivity contribution in [1.82, 2.24) is 0 Å². The van der Waals surface area contributed by atoms with Gasteiger partial charge in [0.15, 0.2) is 0 Å². The topological polar surface area (TPSA) is 29.5 Å². The maximum Gasteiger partial charge on any atom is 0.137 e. The average Bonchev–Trinajstić information content (AvgIpc) is 2.14. The van der Waals surface area contributed by atoms with E-state index in [2.05, 4.69) is 15.9 Å². The van der Waals surface area contributed by atoms with E-state index in [0.717, 1.165) is 4.47 Å². The van der Waals surface area contributed by atoms with E-state index >= 15 is 0 Å². The number of aliphatic hydroxyl groups excluding tert-OH is 1. The lowest BCUT2D eigenvalue weighted by atomic mass is 10.1. The van der Waals surface area contributed by atoms with Crippen molar-refractivity contribution in [2.24, 2.45) is 0 Å². The fraction of sp³-hybridized carbons (Fsp3) is 0.455. The molecule has 0 saturated heterocycles. The maximum atomic E-state index is 9.74. The summed E-state index contributed by atoms with van der Waals surface area (Å²) in [6.45, 7) is 3.87. The molecule has 0 aliphatic rings. The van der Waals surface area contributed by atoms with Gasteiger partial charge in [0.05, 0.1) is 6.10 Å². The van der Waals surface area contributed by atoms with E-state index in [1.807, 2.05) is 19.9 Å². The van der Waals surface area contributed by atoms with Gasteiger partial charge >= 0.3 is 0 Å². The van der Waals surface area contributed by atoms with Crippen LogP contribution in [0.25, 0.3) is 0 Å². The Morgan fingerprint density at radius 1 is 1.25 bits per heavy atom. The van der Waals surface area contributed by atoms with Gasteiger partial charge in [-0.15, -0.1) is 23.2 Å². The number of halogens is 3. The summed E-state index contributed by atoms with van der Waals surface area (Å²) in [5, 5.41) is 9.74. The number of benzene rings is 1. The zero-order valence-electron chi connectivity index (χ0n) is 8.95. The molecule has 0 aliphatic carbocycles. The van der Waals surface area contributed by atoms with E-state index < -0.39 is 10.9 Å². The molecule has 5 heteroatoms. The summed E-state index contributed by atoms with van der Waals surface area (Å²) in [4.78, 5) is -0.860. The van der Waals surface area contributed by atoms with Gasteiger partial charge in [-0.3, -0.25) is 0 Å². The zero-order chi connectivity index (χ0) is 12.3. The first kappa shape index (κ1) is 14.1. The lowest BCUT2D eigenvalue weighted by Gasteiger charge is -2.15. The minimum absolute atomic E-state index is 0.0714. The molecule has 0 radical (unpaired) electrons. The van der Waals surface area contributed by atoms with Crippen LogP contribution in [0.5, 0.6) is 5.75 Å². The Labute approximate surface area is 114 Å². The van der Waals surface area contributed by atoms with Crippen molar-refractivity contribution >= 4 is 39.1 Å². The second-order valence-corrected chi connectivity index (χ2v) is 5.75. The Morgan fingerprint density at radius 3 is 2.38 bits per heavy atom. The molecule has 0 aromatic heterocycles. The van der Waals surface area contributed by atoms with Crippen LogP contribution in [0.1, 0.15) is 25.5 Å². The second kappa shape index (κ2) is 6.10. The monoisotopic (exact) mass is 326 g/mol. The molecule has 1 unspecified atom stereocenters. The third-order valence-corrected chi connectivity index (χ3v) is 2.78. The summed E-state index contributed by atoms with van der Waals surface area (Å²) in [6.07, 6.45) is -0.850. The fourth-order valence-corrected chi connectivity index (χ4v) is 2.02. The molecular weight excluding hydrogens is 315 g/mol. The van der Waals surface area contributed by atoms with Crippen molar-refractivity contribution < 1.29 is 9.84 Å². The number of alkyl halides is 2. The molecule has 1 atom stereocenters.